The molecule has 1 aromatic rings. The smallest absolute Gasteiger partial charge is 0.296 e. The van der Waals surface area contributed by atoms with Crippen molar-refractivity contribution >= 4 is 11.4 Å². The van der Waals surface area contributed by atoms with Gasteiger partial charge in [0.2, 0.25) is 0 Å². The first-order chi connectivity index (χ1) is 9.05. The van der Waals surface area contributed by atoms with E-state index in [0.29, 0.717) is 12.8 Å². The maximum atomic E-state index is 13.8. The monoisotopic (exact) mass is 259 g/mol. The summed E-state index contributed by atoms with van der Waals surface area (Å²) in [5.41, 5.74) is -0.685. The van der Waals surface area contributed by atoms with E-state index < -0.39 is 16.4 Å². The van der Waals surface area contributed by atoms with Crippen LogP contribution >= 0.6 is 0 Å². The molecule has 0 amide bonds. The number of nitriles is 1. The molecule has 96 valence electrons. The van der Waals surface area contributed by atoms with Gasteiger partial charge in [-0.1, -0.05) is 0 Å². The summed E-state index contributed by atoms with van der Waals surface area (Å²) in [5.74, 6) is 1.92. The molecule has 2 rings (SSSR count). The number of rotatable bonds is 3. The van der Waals surface area contributed by atoms with Crippen molar-refractivity contribution in [3.63, 3.8) is 0 Å². The molecule has 0 saturated heterocycles. The minimum atomic E-state index is -0.796. The molecule has 0 aliphatic heterocycles. The van der Waals surface area contributed by atoms with E-state index in [4.69, 9.17) is 11.7 Å². The van der Waals surface area contributed by atoms with Gasteiger partial charge in [-0.3, -0.25) is 10.1 Å². The number of nitro benzene ring substituents is 1. The van der Waals surface area contributed by atoms with Gasteiger partial charge in [0, 0.05) is 18.0 Å². The zero-order valence-electron chi connectivity index (χ0n) is 9.89. The van der Waals surface area contributed by atoms with Gasteiger partial charge in [0.25, 0.3) is 5.69 Å². The summed E-state index contributed by atoms with van der Waals surface area (Å²) in [6.45, 7) is 0. The quantitative estimate of drug-likeness (QED) is 0.513. The van der Waals surface area contributed by atoms with E-state index in [9.17, 15) is 14.5 Å². The summed E-state index contributed by atoms with van der Waals surface area (Å²) in [5, 5.41) is 22.4. The van der Waals surface area contributed by atoms with Crippen LogP contribution in [0.25, 0.3) is 0 Å². The highest BCUT2D eigenvalue weighted by molar-refractivity contribution is 5.65. The number of hydrogen-bond donors (Lipinski definition) is 1. The Hall–Kier alpha value is -2.60. The molecular formula is C13H10FN3O2. The zero-order valence-corrected chi connectivity index (χ0v) is 9.89. The highest BCUT2D eigenvalue weighted by atomic mass is 19.1. The number of nitro groups is 1. The van der Waals surface area contributed by atoms with Crippen molar-refractivity contribution in [2.75, 3.05) is 5.32 Å². The van der Waals surface area contributed by atoms with Crippen molar-refractivity contribution in [3.05, 3.63) is 33.6 Å². The maximum Gasteiger partial charge on any atom is 0.296 e. The van der Waals surface area contributed by atoms with Crippen molar-refractivity contribution in [1.29, 1.82) is 5.26 Å². The van der Waals surface area contributed by atoms with Crippen LogP contribution in [0.15, 0.2) is 12.1 Å². The van der Waals surface area contributed by atoms with Crippen molar-refractivity contribution < 1.29 is 9.31 Å². The van der Waals surface area contributed by atoms with Gasteiger partial charge in [-0.25, -0.2) is 4.39 Å². The third-order valence-electron chi connectivity index (χ3n) is 3.12. The van der Waals surface area contributed by atoms with E-state index in [-0.39, 0.29) is 23.2 Å². The van der Waals surface area contributed by atoms with E-state index >= 15 is 0 Å². The predicted octanol–water partition coefficient (Wildman–Crippen LogP) is 2.43. The van der Waals surface area contributed by atoms with Gasteiger partial charge >= 0.3 is 0 Å². The third kappa shape index (κ3) is 2.48. The molecule has 1 fully saturated rings. The van der Waals surface area contributed by atoms with E-state index in [2.05, 4.69) is 11.2 Å². The SMILES string of the molecule is C#CC1CC(Nc2c(F)cc(C#N)cc2[N+](=O)[O-])C1. The van der Waals surface area contributed by atoms with Crippen LogP contribution in [0.4, 0.5) is 15.8 Å². The minimum absolute atomic E-state index is 0.0674. The molecule has 0 unspecified atom stereocenters. The lowest BCUT2D eigenvalue weighted by molar-refractivity contribution is -0.384. The fourth-order valence-corrected chi connectivity index (χ4v) is 2.02. The van der Waals surface area contributed by atoms with E-state index in [0.717, 1.165) is 12.1 Å². The number of halogens is 1. The number of nitrogens with one attached hydrogen (secondary N) is 1. The highest BCUT2D eigenvalue weighted by Gasteiger charge is 2.30. The first-order valence-electron chi connectivity index (χ1n) is 5.66. The lowest BCUT2D eigenvalue weighted by Crippen LogP contribution is -2.35. The number of nitrogens with zero attached hydrogens (tertiary/aromatic N) is 2. The molecule has 1 saturated carbocycles. The van der Waals surface area contributed by atoms with Crippen LogP contribution in [0.2, 0.25) is 0 Å². The topological polar surface area (TPSA) is 79.0 Å². The fraction of sp³-hybridized carbons (Fsp3) is 0.308. The van der Waals surface area contributed by atoms with E-state index in [1.807, 2.05) is 0 Å². The molecule has 6 heteroatoms. The lowest BCUT2D eigenvalue weighted by atomic mass is 9.81. The first-order valence-corrected chi connectivity index (χ1v) is 5.66. The number of hydrogen-bond acceptors (Lipinski definition) is 4. The summed E-state index contributed by atoms with van der Waals surface area (Å²) >= 11 is 0. The summed E-state index contributed by atoms with van der Waals surface area (Å²) in [4.78, 5) is 10.2. The fourth-order valence-electron chi connectivity index (χ4n) is 2.02. The summed E-state index contributed by atoms with van der Waals surface area (Å²) < 4.78 is 13.8. The Kier molecular flexibility index (Phi) is 3.35. The summed E-state index contributed by atoms with van der Waals surface area (Å²) in [6, 6.07) is 3.66. The van der Waals surface area contributed by atoms with E-state index in [1.54, 1.807) is 6.07 Å². The van der Waals surface area contributed by atoms with Crippen molar-refractivity contribution in [3.8, 4) is 18.4 Å². The Morgan fingerprint density at radius 2 is 2.21 bits per heavy atom. The van der Waals surface area contributed by atoms with Gasteiger partial charge in [-0.15, -0.1) is 12.3 Å². The van der Waals surface area contributed by atoms with Crippen LogP contribution in [0.5, 0.6) is 0 Å². The summed E-state index contributed by atoms with van der Waals surface area (Å²) in [7, 11) is 0. The third-order valence-corrected chi connectivity index (χ3v) is 3.12. The largest absolute Gasteiger partial charge is 0.374 e. The zero-order chi connectivity index (χ0) is 14.0. The lowest BCUT2D eigenvalue weighted by Gasteiger charge is -2.33. The Morgan fingerprint density at radius 1 is 1.53 bits per heavy atom. The van der Waals surface area contributed by atoms with Crippen LogP contribution in [0.3, 0.4) is 0 Å². The van der Waals surface area contributed by atoms with Crippen molar-refractivity contribution in [2.24, 2.45) is 5.92 Å². The van der Waals surface area contributed by atoms with Crippen LogP contribution in [-0.4, -0.2) is 11.0 Å². The second-order valence-corrected chi connectivity index (χ2v) is 4.40. The molecule has 0 heterocycles. The van der Waals surface area contributed by atoms with Gasteiger partial charge in [0.05, 0.1) is 16.6 Å². The van der Waals surface area contributed by atoms with Crippen LogP contribution < -0.4 is 5.32 Å². The van der Waals surface area contributed by atoms with Gasteiger partial charge in [0.15, 0.2) is 5.82 Å². The number of benzene rings is 1. The molecular weight excluding hydrogens is 249 g/mol. The van der Waals surface area contributed by atoms with Gasteiger partial charge < -0.3 is 5.32 Å². The molecule has 0 radical (unpaired) electrons. The number of anilines is 1. The molecule has 0 atom stereocenters. The van der Waals surface area contributed by atoms with Gasteiger partial charge in [0.1, 0.15) is 5.69 Å². The van der Waals surface area contributed by atoms with Gasteiger partial charge in [-0.05, 0) is 18.9 Å². The Labute approximate surface area is 109 Å². The molecule has 1 aromatic carbocycles. The second kappa shape index (κ2) is 4.95. The second-order valence-electron chi connectivity index (χ2n) is 4.40. The Bertz CT molecular complexity index is 610. The Morgan fingerprint density at radius 3 is 2.74 bits per heavy atom. The molecule has 1 aliphatic carbocycles. The molecule has 0 spiro atoms. The first kappa shape index (κ1) is 12.8. The Balaban J connectivity index is 2.27. The van der Waals surface area contributed by atoms with Crippen LogP contribution in [0, 0.1) is 45.5 Å². The molecule has 0 bridgehead atoms. The van der Waals surface area contributed by atoms with Crippen molar-refractivity contribution in [2.45, 2.75) is 18.9 Å². The normalized spacial score (nSPS) is 20.8. The standard InChI is InChI=1S/C13H10FN3O2/c1-2-8-3-10(4-8)16-13-11(14)5-9(7-15)6-12(13)17(18)19/h1,5-6,8,10,16H,3-4H2. The molecule has 19 heavy (non-hydrogen) atoms. The molecule has 5 nitrogen and oxygen atoms in total. The maximum absolute atomic E-state index is 13.8. The average molecular weight is 259 g/mol. The summed E-state index contributed by atoms with van der Waals surface area (Å²) in [6.07, 6.45) is 6.56. The molecule has 0 aromatic heterocycles. The predicted molar refractivity (Wildman–Crippen MR) is 66.7 cm³/mol. The average Bonchev–Trinajstić information content (AvgIpc) is 2.33. The number of terminal acetylenes is 1. The van der Waals surface area contributed by atoms with Crippen LogP contribution in [-0.2, 0) is 0 Å². The molecule has 1 aliphatic rings. The van der Waals surface area contributed by atoms with E-state index in [1.165, 1.54) is 0 Å². The van der Waals surface area contributed by atoms with Crippen molar-refractivity contribution in [1.82, 2.24) is 0 Å². The molecule has 1 N–H and O–H groups in total. The highest BCUT2D eigenvalue weighted by Crippen LogP contribution is 2.35. The minimum Gasteiger partial charge on any atom is -0.374 e. The van der Waals surface area contributed by atoms with Crippen LogP contribution in [0.1, 0.15) is 18.4 Å². The van der Waals surface area contributed by atoms with Gasteiger partial charge in [-0.2, -0.15) is 5.26 Å².